The number of benzene rings is 2. The minimum Gasteiger partial charge on any atom is -0.241 e. The van der Waals surface area contributed by atoms with Crippen molar-refractivity contribution in [3.8, 4) is 0 Å². The Morgan fingerprint density at radius 3 is 2.53 bits per heavy atom. The molecule has 0 N–H and O–H groups in total. The highest BCUT2D eigenvalue weighted by Crippen LogP contribution is 2.24. The molecule has 0 saturated heterocycles. The third kappa shape index (κ3) is 3.17. The molecule has 0 atom stereocenters. The second-order valence-corrected chi connectivity index (χ2v) is 6.17. The van der Waals surface area contributed by atoms with E-state index in [1.807, 2.05) is 12.1 Å². The zero-order chi connectivity index (χ0) is 13.1. The van der Waals surface area contributed by atoms with Crippen molar-refractivity contribution in [2.45, 2.75) is 10.8 Å². The van der Waals surface area contributed by atoms with Crippen LogP contribution in [-0.2, 0) is 5.75 Å². The highest BCUT2D eigenvalue weighted by Gasteiger charge is 2.00. The maximum absolute atomic E-state index is 4.66. The average Bonchev–Trinajstić information content (AvgIpc) is 2.46. The molecule has 0 saturated carbocycles. The molecule has 0 unspecified atom stereocenters. The van der Waals surface area contributed by atoms with Crippen molar-refractivity contribution in [1.82, 2.24) is 4.98 Å². The Balaban J connectivity index is 1.76. The molecule has 3 heteroatoms. The Hall–Kier alpha value is -1.32. The zero-order valence-electron chi connectivity index (χ0n) is 10.2. The SMILES string of the molecule is Brc1ccc(CSc2ccc3ccccc3n2)cc1. The van der Waals surface area contributed by atoms with Gasteiger partial charge in [0.1, 0.15) is 0 Å². The Morgan fingerprint density at radius 2 is 1.68 bits per heavy atom. The first-order chi connectivity index (χ1) is 9.31. The quantitative estimate of drug-likeness (QED) is 0.605. The van der Waals surface area contributed by atoms with Crippen LogP contribution in [0.1, 0.15) is 5.56 Å². The van der Waals surface area contributed by atoms with Crippen LogP contribution in [-0.4, -0.2) is 4.98 Å². The summed E-state index contributed by atoms with van der Waals surface area (Å²) in [6, 6.07) is 20.9. The molecule has 0 aliphatic rings. The van der Waals surface area contributed by atoms with Gasteiger partial charge in [-0.3, -0.25) is 0 Å². The molecule has 0 amide bonds. The van der Waals surface area contributed by atoms with Gasteiger partial charge in [-0.1, -0.05) is 52.3 Å². The summed E-state index contributed by atoms with van der Waals surface area (Å²) in [6.45, 7) is 0. The Bertz CT molecular complexity index is 694. The molecule has 3 rings (SSSR count). The molecule has 19 heavy (non-hydrogen) atoms. The number of aromatic nitrogens is 1. The van der Waals surface area contributed by atoms with Crippen molar-refractivity contribution < 1.29 is 0 Å². The number of hydrogen-bond donors (Lipinski definition) is 0. The van der Waals surface area contributed by atoms with Crippen LogP contribution in [0, 0.1) is 0 Å². The molecular weight excluding hydrogens is 318 g/mol. The summed E-state index contributed by atoms with van der Waals surface area (Å²) in [7, 11) is 0. The predicted octanol–water partition coefficient (Wildman–Crippen LogP) is 5.29. The van der Waals surface area contributed by atoms with Crippen molar-refractivity contribution in [2.24, 2.45) is 0 Å². The lowest BCUT2D eigenvalue weighted by Crippen LogP contribution is -1.84. The minimum absolute atomic E-state index is 0.943. The highest BCUT2D eigenvalue weighted by atomic mass is 79.9. The monoisotopic (exact) mass is 329 g/mol. The fourth-order valence-electron chi connectivity index (χ4n) is 1.87. The van der Waals surface area contributed by atoms with Crippen LogP contribution >= 0.6 is 27.7 Å². The number of hydrogen-bond acceptors (Lipinski definition) is 2. The first-order valence-electron chi connectivity index (χ1n) is 6.04. The predicted molar refractivity (Wildman–Crippen MR) is 85.4 cm³/mol. The van der Waals surface area contributed by atoms with Crippen LogP contribution in [0.25, 0.3) is 10.9 Å². The standard InChI is InChI=1S/C16H12BrNS/c17-14-8-5-12(6-9-14)11-19-16-10-7-13-3-1-2-4-15(13)18-16/h1-10H,11H2. The molecule has 94 valence electrons. The van der Waals surface area contributed by atoms with Crippen LogP contribution in [0.5, 0.6) is 0 Å². The third-order valence-electron chi connectivity index (χ3n) is 2.87. The van der Waals surface area contributed by atoms with E-state index in [9.17, 15) is 0 Å². The molecule has 0 aliphatic heterocycles. The molecule has 2 aromatic carbocycles. The first-order valence-corrected chi connectivity index (χ1v) is 7.82. The molecule has 0 radical (unpaired) electrons. The van der Waals surface area contributed by atoms with E-state index in [4.69, 9.17) is 0 Å². The van der Waals surface area contributed by atoms with Gasteiger partial charge in [0, 0.05) is 15.6 Å². The van der Waals surface area contributed by atoms with Crippen molar-refractivity contribution in [3.63, 3.8) is 0 Å². The van der Waals surface area contributed by atoms with Gasteiger partial charge < -0.3 is 0 Å². The Labute approximate surface area is 125 Å². The molecule has 1 nitrogen and oxygen atoms in total. The molecule has 0 aliphatic carbocycles. The van der Waals surface area contributed by atoms with E-state index >= 15 is 0 Å². The molecule has 3 aromatic rings. The topological polar surface area (TPSA) is 12.9 Å². The van der Waals surface area contributed by atoms with E-state index in [1.165, 1.54) is 10.9 Å². The van der Waals surface area contributed by atoms with Crippen LogP contribution in [0.2, 0.25) is 0 Å². The van der Waals surface area contributed by atoms with Gasteiger partial charge in [-0.15, -0.1) is 11.8 Å². The number of thioether (sulfide) groups is 1. The molecule has 1 aromatic heterocycles. The van der Waals surface area contributed by atoms with Crippen LogP contribution in [0.15, 0.2) is 70.2 Å². The number of halogens is 1. The number of rotatable bonds is 3. The van der Waals surface area contributed by atoms with Gasteiger partial charge in [0.2, 0.25) is 0 Å². The molecule has 0 fully saturated rings. The number of pyridine rings is 1. The van der Waals surface area contributed by atoms with Crippen LogP contribution in [0.3, 0.4) is 0 Å². The van der Waals surface area contributed by atoms with E-state index in [2.05, 4.69) is 69.4 Å². The number of fused-ring (bicyclic) bond motifs is 1. The van der Waals surface area contributed by atoms with Gasteiger partial charge in [-0.25, -0.2) is 4.98 Å². The lowest BCUT2D eigenvalue weighted by Gasteiger charge is -2.03. The van der Waals surface area contributed by atoms with Crippen LogP contribution in [0.4, 0.5) is 0 Å². The lowest BCUT2D eigenvalue weighted by molar-refractivity contribution is 1.18. The molecule has 1 heterocycles. The summed E-state index contributed by atoms with van der Waals surface area (Å²) in [6.07, 6.45) is 0. The summed E-state index contributed by atoms with van der Waals surface area (Å²) in [5.41, 5.74) is 2.37. The van der Waals surface area contributed by atoms with Crippen molar-refractivity contribution in [3.05, 3.63) is 70.7 Å². The van der Waals surface area contributed by atoms with E-state index < -0.39 is 0 Å². The molecular formula is C16H12BrNS. The van der Waals surface area contributed by atoms with Crippen molar-refractivity contribution >= 4 is 38.6 Å². The summed E-state index contributed by atoms with van der Waals surface area (Å²) in [4.78, 5) is 4.66. The second kappa shape index (κ2) is 5.76. The highest BCUT2D eigenvalue weighted by molar-refractivity contribution is 9.10. The van der Waals surface area contributed by atoms with Gasteiger partial charge in [-0.05, 0) is 29.8 Å². The van der Waals surface area contributed by atoms with Gasteiger partial charge in [0.05, 0.1) is 10.5 Å². The lowest BCUT2D eigenvalue weighted by atomic mass is 10.2. The summed E-state index contributed by atoms with van der Waals surface area (Å²) in [5, 5.41) is 2.26. The van der Waals surface area contributed by atoms with Crippen molar-refractivity contribution in [1.29, 1.82) is 0 Å². The van der Waals surface area contributed by atoms with Gasteiger partial charge in [-0.2, -0.15) is 0 Å². The second-order valence-electron chi connectivity index (χ2n) is 4.26. The van der Waals surface area contributed by atoms with Gasteiger partial charge in [0.15, 0.2) is 0 Å². The Morgan fingerprint density at radius 1 is 0.895 bits per heavy atom. The third-order valence-corrected chi connectivity index (χ3v) is 4.40. The largest absolute Gasteiger partial charge is 0.241 e. The number of nitrogens with zero attached hydrogens (tertiary/aromatic N) is 1. The molecule has 0 bridgehead atoms. The maximum atomic E-state index is 4.66. The summed E-state index contributed by atoms with van der Waals surface area (Å²) >= 11 is 5.22. The minimum atomic E-state index is 0.943. The summed E-state index contributed by atoms with van der Waals surface area (Å²) in [5.74, 6) is 0.943. The first kappa shape index (κ1) is 12.7. The maximum Gasteiger partial charge on any atom is 0.0970 e. The zero-order valence-corrected chi connectivity index (χ0v) is 12.6. The smallest absolute Gasteiger partial charge is 0.0970 e. The van der Waals surface area contributed by atoms with E-state index in [1.54, 1.807) is 11.8 Å². The Kier molecular flexibility index (Phi) is 3.85. The molecule has 0 spiro atoms. The summed E-state index contributed by atoms with van der Waals surface area (Å²) < 4.78 is 1.12. The van der Waals surface area contributed by atoms with Gasteiger partial charge in [0.25, 0.3) is 0 Å². The van der Waals surface area contributed by atoms with E-state index in [-0.39, 0.29) is 0 Å². The normalized spacial score (nSPS) is 10.8. The van der Waals surface area contributed by atoms with Crippen LogP contribution < -0.4 is 0 Å². The number of para-hydroxylation sites is 1. The van der Waals surface area contributed by atoms with E-state index in [0.29, 0.717) is 0 Å². The van der Waals surface area contributed by atoms with Crippen molar-refractivity contribution in [2.75, 3.05) is 0 Å². The average molecular weight is 330 g/mol. The fourth-order valence-corrected chi connectivity index (χ4v) is 2.96. The van der Waals surface area contributed by atoms with Gasteiger partial charge >= 0.3 is 0 Å². The van der Waals surface area contributed by atoms with E-state index in [0.717, 1.165) is 20.8 Å². The fraction of sp³-hybridized carbons (Fsp3) is 0.0625.